The fraction of sp³-hybridized carbons (Fsp3) is 0.105. The Bertz CT molecular complexity index is 1100. The molecule has 0 radical (unpaired) electrons. The van der Waals surface area contributed by atoms with Crippen molar-refractivity contribution in [3.8, 4) is 11.3 Å². The van der Waals surface area contributed by atoms with Gasteiger partial charge in [-0.1, -0.05) is 46.7 Å². The van der Waals surface area contributed by atoms with E-state index in [4.69, 9.17) is 11.6 Å². The smallest absolute Gasteiger partial charge is 0.287 e. The lowest BCUT2D eigenvalue weighted by atomic mass is 10.2. The maximum Gasteiger partial charge on any atom is 0.287 e. The molecular weight excluding hydrogens is 368 g/mol. The van der Waals surface area contributed by atoms with E-state index < -0.39 is 0 Å². The first-order chi connectivity index (χ1) is 12.5. The number of rotatable bonds is 3. The molecule has 3 heterocycles. The Balaban J connectivity index is 1.70. The zero-order valence-electron chi connectivity index (χ0n) is 14.2. The van der Waals surface area contributed by atoms with E-state index in [1.165, 1.54) is 11.3 Å². The highest BCUT2D eigenvalue weighted by atomic mass is 35.5. The molecule has 0 fully saturated rings. The zero-order chi connectivity index (χ0) is 18.3. The molecule has 5 nitrogen and oxygen atoms in total. The second-order valence-corrected chi connectivity index (χ2v) is 7.53. The van der Waals surface area contributed by atoms with Gasteiger partial charge in [-0.2, -0.15) is 5.10 Å². The van der Waals surface area contributed by atoms with Gasteiger partial charge >= 0.3 is 0 Å². The Hall–Kier alpha value is -2.70. The molecule has 0 aliphatic rings. The molecule has 0 saturated carbocycles. The first-order valence-electron chi connectivity index (χ1n) is 7.98. The van der Waals surface area contributed by atoms with Crippen molar-refractivity contribution in [2.45, 2.75) is 6.92 Å². The lowest BCUT2D eigenvalue weighted by molar-refractivity contribution is 0.0992. The standard InChI is InChI=1S/C19H15ClN4OS/c1-12-6-8-13(9-7-12)23(2)19(25)18-22-16(17(20)26-18)14-11-21-24-10-4-3-5-15(14)24/h3-11H,1-2H3. The topological polar surface area (TPSA) is 50.5 Å². The van der Waals surface area contributed by atoms with Crippen LogP contribution in [0.1, 0.15) is 15.4 Å². The lowest BCUT2D eigenvalue weighted by Gasteiger charge is -2.15. The summed E-state index contributed by atoms with van der Waals surface area (Å²) in [5.74, 6) is -0.191. The molecule has 0 unspecified atom stereocenters. The molecule has 0 aliphatic carbocycles. The van der Waals surface area contributed by atoms with E-state index in [1.54, 1.807) is 22.7 Å². The maximum atomic E-state index is 12.8. The number of anilines is 1. The molecule has 0 bridgehead atoms. The van der Waals surface area contributed by atoms with E-state index in [-0.39, 0.29) is 5.91 Å². The maximum absolute atomic E-state index is 12.8. The van der Waals surface area contributed by atoms with Gasteiger partial charge in [0.1, 0.15) is 10.0 Å². The molecule has 0 saturated heterocycles. The summed E-state index contributed by atoms with van der Waals surface area (Å²) in [5.41, 5.74) is 4.24. The summed E-state index contributed by atoms with van der Waals surface area (Å²) in [7, 11) is 1.73. The van der Waals surface area contributed by atoms with E-state index in [2.05, 4.69) is 10.1 Å². The molecule has 1 aromatic carbocycles. The number of aromatic nitrogens is 3. The van der Waals surface area contributed by atoms with Crippen molar-refractivity contribution < 1.29 is 4.79 Å². The zero-order valence-corrected chi connectivity index (χ0v) is 15.8. The number of pyridine rings is 1. The van der Waals surface area contributed by atoms with Crippen molar-refractivity contribution in [3.05, 3.63) is 69.8 Å². The Morgan fingerprint density at radius 3 is 2.73 bits per heavy atom. The Labute approximate surface area is 159 Å². The summed E-state index contributed by atoms with van der Waals surface area (Å²) in [4.78, 5) is 18.9. The fourth-order valence-corrected chi connectivity index (χ4v) is 3.85. The van der Waals surface area contributed by atoms with Gasteiger partial charge in [0.05, 0.1) is 11.7 Å². The van der Waals surface area contributed by atoms with Crippen LogP contribution in [0.3, 0.4) is 0 Å². The summed E-state index contributed by atoms with van der Waals surface area (Å²) >= 11 is 7.58. The predicted molar refractivity (Wildman–Crippen MR) is 105 cm³/mol. The number of amides is 1. The number of carbonyl (C=O) groups excluding carboxylic acids is 1. The summed E-state index contributed by atoms with van der Waals surface area (Å²) < 4.78 is 2.23. The number of carbonyl (C=O) groups is 1. The van der Waals surface area contributed by atoms with Gasteiger partial charge in [0.15, 0.2) is 5.01 Å². The number of halogens is 1. The van der Waals surface area contributed by atoms with E-state index >= 15 is 0 Å². The van der Waals surface area contributed by atoms with Gasteiger partial charge in [-0.25, -0.2) is 9.50 Å². The van der Waals surface area contributed by atoms with Crippen molar-refractivity contribution in [1.82, 2.24) is 14.6 Å². The first kappa shape index (κ1) is 16.8. The molecule has 0 N–H and O–H groups in total. The Kier molecular flexibility index (Phi) is 4.22. The van der Waals surface area contributed by atoms with Crippen molar-refractivity contribution in [2.75, 3.05) is 11.9 Å². The quantitative estimate of drug-likeness (QED) is 0.516. The first-order valence-corrected chi connectivity index (χ1v) is 9.18. The summed E-state index contributed by atoms with van der Waals surface area (Å²) in [6, 6.07) is 13.5. The largest absolute Gasteiger partial charge is 0.309 e. The Morgan fingerprint density at radius 1 is 1.19 bits per heavy atom. The SMILES string of the molecule is Cc1ccc(N(C)C(=O)c2nc(-c3cnn4ccccc34)c(Cl)s2)cc1. The van der Waals surface area contributed by atoms with Crippen LogP contribution in [-0.2, 0) is 0 Å². The lowest BCUT2D eigenvalue weighted by Crippen LogP contribution is -2.26. The predicted octanol–water partition coefficient (Wildman–Crippen LogP) is 4.70. The number of thiazole rings is 1. The molecule has 3 aromatic heterocycles. The Morgan fingerprint density at radius 2 is 1.96 bits per heavy atom. The summed E-state index contributed by atoms with van der Waals surface area (Å²) in [5, 5.41) is 4.66. The number of hydrogen-bond donors (Lipinski definition) is 0. The van der Waals surface area contributed by atoms with Gasteiger partial charge in [0, 0.05) is 24.5 Å². The van der Waals surface area contributed by atoms with Gasteiger partial charge in [0.25, 0.3) is 5.91 Å². The third-order valence-corrected chi connectivity index (χ3v) is 5.42. The second kappa shape index (κ2) is 6.55. The van der Waals surface area contributed by atoms with Gasteiger partial charge in [-0.3, -0.25) is 4.79 Å². The number of fused-ring (bicyclic) bond motifs is 1. The van der Waals surface area contributed by atoms with E-state index in [1.807, 2.05) is 55.6 Å². The van der Waals surface area contributed by atoms with Crippen molar-refractivity contribution in [3.63, 3.8) is 0 Å². The molecule has 1 amide bonds. The van der Waals surface area contributed by atoms with Crippen LogP contribution in [0, 0.1) is 6.92 Å². The minimum Gasteiger partial charge on any atom is -0.309 e. The second-order valence-electron chi connectivity index (χ2n) is 5.93. The van der Waals surface area contributed by atoms with Crippen molar-refractivity contribution in [2.24, 2.45) is 0 Å². The van der Waals surface area contributed by atoms with Gasteiger partial charge in [-0.15, -0.1) is 0 Å². The van der Waals surface area contributed by atoms with Crippen LogP contribution in [0.4, 0.5) is 5.69 Å². The third-order valence-electron chi connectivity index (χ3n) is 4.18. The van der Waals surface area contributed by atoms with Crippen LogP contribution in [0.15, 0.2) is 54.9 Å². The van der Waals surface area contributed by atoms with Crippen LogP contribution in [0.2, 0.25) is 4.34 Å². The van der Waals surface area contributed by atoms with Crippen LogP contribution >= 0.6 is 22.9 Å². The monoisotopic (exact) mass is 382 g/mol. The van der Waals surface area contributed by atoms with Crippen LogP contribution in [-0.4, -0.2) is 27.6 Å². The highest BCUT2D eigenvalue weighted by molar-refractivity contribution is 7.18. The van der Waals surface area contributed by atoms with Gasteiger partial charge < -0.3 is 4.90 Å². The van der Waals surface area contributed by atoms with Crippen LogP contribution < -0.4 is 4.90 Å². The minimum atomic E-state index is -0.191. The minimum absolute atomic E-state index is 0.191. The van der Waals surface area contributed by atoms with Gasteiger partial charge in [-0.05, 0) is 31.2 Å². The molecule has 130 valence electrons. The van der Waals surface area contributed by atoms with E-state index in [0.717, 1.165) is 22.3 Å². The van der Waals surface area contributed by atoms with Crippen molar-refractivity contribution in [1.29, 1.82) is 0 Å². The fourth-order valence-electron chi connectivity index (χ4n) is 2.71. The average molecular weight is 383 g/mol. The van der Waals surface area contributed by atoms with Crippen LogP contribution in [0.25, 0.3) is 16.8 Å². The number of nitrogens with zero attached hydrogens (tertiary/aromatic N) is 4. The van der Waals surface area contributed by atoms with Crippen LogP contribution in [0.5, 0.6) is 0 Å². The third kappa shape index (κ3) is 2.87. The average Bonchev–Trinajstić information content (AvgIpc) is 3.24. The summed E-state index contributed by atoms with van der Waals surface area (Å²) in [6.07, 6.45) is 3.57. The molecule has 0 atom stereocenters. The molecular formula is C19H15ClN4OS. The number of hydrogen-bond acceptors (Lipinski definition) is 4. The van der Waals surface area contributed by atoms with Crippen molar-refractivity contribution >= 4 is 40.0 Å². The normalized spacial score (nSPS) is 11.0. The van der Waals surface area contributed by atoms with E-state index in [9.17, 15) is 4.79 Å². The number of aryl methyl sites for hydroxylation is 1. The molecule has 0 aliphatic heterocycles. The van der Waals surface area contributed by atoms with Gasteiger partial charge in [0.2, 0.25) is 0 Å². The number of benzene rings is 1. The highest BCUT2D eigenvalue weighted by Gasteiger charge is 2.22. The highest BCUT2D eigenvalue weighted by Crippen LogP contribution is 2.35. The molecule has 4 aromatic rings. The summed E-state index contributed by atoms with van der Waals surface area (Å²) in [6.45, 7) is 2.01. The molecule has 7 heteroatoms. The molecule has 0 spiro atoms. The molecule has 26 heavy (non-hydrogen) atoms. The van der Waals surface area contributed by atoms with E-state index in [0.29, 0.717) is 15.0 Å². The molecule has 4 rings (SSSR count).